The van der Waals surface area contributed by atoms with Crippen molar-refractivity contribution in [1.29, 1.82) is 0 Å². The molecule has 4 heterocycles. The quantitative estimate of drug-likeness (QED) is 0.710. The van der Waals surface area contributed by atoms with E-state index in [9.17, 15) is 4.79 Å². The van der Waals surface area contributed by atoms with E-state index < -0.39 is 5.97 Å². The van der Waals surface area contributed by atoms with E-state index in [0.717, 1.165) is 49.8 Å². The molecule has 1 saturated heterocycles. The third-order valence-electron chi connectivity index (χ3n) is 5.76. The first kappa shape index (κ1) is 18.3. The summed E-state index contributed by atoms with van der Waals surface area (Å²) in [4.78, 5) is 29.3. The molecule has 0 aliphatic carbocycles. The summed E-state index contributed by atoms with van der Waals surface area (Å²) in [5.41, 5.74) is 2.58. The molecule has 29 heavy (non-hydrogen) atoms. The lowest BCUT2D eigenvalue weighted by Crippen LogP contribution is -2.47. The van der Waals surface area contributed by atoms with Crippen molar-refractivity contribution in [3.05, 3.63) is 47.1 Å². The van der Waals surface area contributed by atoms with Gasteiger partial charge in [-0.05, 0) is 24.1 Å². The number of benzene rings is 1. The summed E-state index contributed by atoms with van der Waals surface area (Å²) in [5.74, 6) is 0.262. The molecule has 1 aromatic carbocycles. The maximum atomic E-state index is 11.1. The van der Waals surface area contributed by atoms with Gasteiger partial charge in [0, 0.05) is 49.8 Å². The van der Waals surface area contributed by atoms with Gasteiger partial charge in [0.25, 0.3) is 0 Å². The summed E-state index contributed by atoms with van der Waals surface area (Å²) < 4.78 is 0. The van der Waals surface area contributed by atoms with Crippen molar-refractivity contribution < 1.29 is 9.90 Å². The van der Waals surface area contributed by atoms with Gasteiger partial charge in [-0.2, -0.15) is 0 Å². The zero-order valence-corrected chi connectivity index (χ0v) is 16.9. The van der Waals surface area contributed by atoms with Gasteiger partial charge in [-0.15, -0.1) is 11.3 Å². The molecule has 0 spiro atoms. The van der Waals surface area contributed by atoms with E-state index in [1.165, 1.54) is 21.5 Å². The number of aliphatic carboxylic acids is 1. The monoisotopic (exact) mass is 409 g/mol. The fraction of sp³-hybridized carbons (Fsp3) is 0.381. The molecule has 2 aliphatic rings. The summed E-state index contributed by atoms with van der Waals surface area (Å²) in [7, 11) is 0. The third kappa shape index (κ3) is 3.54. The average molecular weight is 410 g/mol. The number of carboxylic acid groups (broad SMARTS) is 1. The Balaban J connectivity index is 1.39. The van der Waals surface area contributed by atoms with Gasteiger partial charge >= 0.3 is 5.97 Å². The molecule has 2 aliphatic heterocycles. The minimum Gasteiger partial charge on any atom is -0.480 e. The summed E-state index contributed by atoms with van der Waals surface area (Å²) in [6.07, 6.45) is 2.52. The molecule has 1 fully saturated rings. The normalized spacial score (nSPS) is 17.5. The van der Waals surface area contributed by atoms with Gasteiger partial charge in [0.2, 0.25) is 0 Å². The lowest BCUT2D eigenvalue weighted by Gasteiger charge is -2.37. The van der Waals surface area contributed by atoms with Crippen LogP contribution in [-0.4, -0.2) is 65.2 Å². The highest BCUT2D eigenvalue weighted by molar-refractivity contribution is 7.19. The van der Waals surface area contributed by atoms with Crippen LogP contribution in [0, 0.1) is 0 Å². The van der Waals surface area contributed by atoms with Gasteiger partial charge in [0.05, 0.1) is 11.9 Å². The number of hydrogen-bond acceptors (Lipinski definition) is 7. The Hall–Kier alpha value is -2.71. The Morgan fingerprint density at radius 1 is 1.03 bits per heavy atom. The maximum absolute atomic E-state index is 11.1. The van der Waals surface area contributed by atoms with E-state index >= 15 is 0 Å². The van der Waals surface area contributed by atoms with Crippen LogP contribution in [0.15, 0.2) is 36.7 Å². The second-order valence-electron chi connectivity index (χ2n) is 7.55. The Kier molecular flexibility index (Phi) is 4.81. The summed E-state index contributed by atoms with van der Waals surface area (Å²) >= 11 is 1.68. The van der Waals surface area contributed by atoms with Crippen LogP contribution in [-0.2, 0) is 17.8 Å². The van der Waals surface area contributed by atoms with Crippen molar-refractivity contribution in [3.8, 4) is 0 Å². The smallest absolute Gasteiger partial charge is 0.317 e. The van der Waals surface area contributed by atoms with Crippen LogP contribution in [0.2, 0.25) is 0 Å². The van der Waals surface area contributed by atoms with Crippen LogP contribution in [0.1, 0.15) is 10.4 Å². The van der Waals surface area contributed by atoms with Gasteiger partial charge in [0.15, 0.2) is 0 Å². The van der Waals surface area contributed by atoms with Gasteiger partial charge in [-0.3, -0.25) is 9.69 Å². The molecule has 0 radical (unpaired) electrons. The van der Waals surface area contributed by atoms with Gasteiger partial charge < -0.3 is 14.9 Å². The van der Waals surface area contributed by atoms with Gasteiger partial charge in [-0.1, -0.05) is 18.2 Å². The molecule has 1 N–H and O–H groups in total. The van der Waals surface area contributed by atoms with Gasteiger partial charge in [-0.25, -0.2) is 9.97 Å². The number of aromatic nitrogens is 2. The topological polar surface area (TPSA) is 72.8 Å². The van der Waals surface area contributed by atoms with E-state index in [-0.39, 0.29) is 6.54 Å². The summed E-state index contributed by atoms with van der Waals surface area (Å²) in [6, 6.07) is 10.5. The molecule has 3 aromatic rings. The summed E-state index contributed by atoms with van der Waals surface area (Å²) in [5, 5.41) is 10.3. The second kappa shape index (κ2) is 7.61. The molecule has 0 bridgehead atoms. The minimum atomic E-state index is -0.772. The first-order valence-corrected chi connectivity index (χ1v) is 10.7. The van der Waals surface area contributed by atoms with Crippen LogP contribution in [0.3, 0.4) is 0 Å². The first-order chi connectivity index (χ1) is 14.2. The molecule has 2 aromatic heterocycles. The van der Waals surface area contributed by atoms with Crippen LogP contribution in [0.5, 0.6) is 0 Å². The van der Waals surface area contributed by atoms with Crippen LogP contribution in [0.4, 0.5) is 11.5 Å². The lowest BCUT2D eigenvalue weighted by atomic mass is 10.0. The van der Waals surface area contributed by atoms with Crippen LogP contribution < -0.4 is 9.80 Å². The number of para-hydroxylation sites is 1. The van der Waals surface area contributed by atoms with Crippen molar-refractivity contribution in [2.45, 2.75) is 13.0 Å². The zero-order valence-electron chi connectivity index (χ0n) is 16.1. The largest absolute Gasteiger partial charge is 0.480 e. The van der Waals surface area contributed by atoms with Crippen molar-refractivity contribution in [2.75, 3.05) is 49.1 Å². The highest BCUT2D eigenvalue weighted by atomic mass is 32.1. The average Bonchev–Trinajstić information content (AvgIpc) is 3.12. The Bertz CT molecular complexity index is 1030. The van der Waals surface area contributed by atoms with Crippen LogP contribution in [0.25, 0.3) is 10.2 Å². The molecular weight excluding hydrogens is 386 g/mol. The Labute approximate surface area is 173 Å². The van der Waals surface area contributed by atoms with Crippen molar-refractivity contribution in [3.63, 3.8) is 0 Å². The number of nitrogens with zero attached hydrogens (tertiary/aromatic N) is 5. The fourth-order valence-corrected chi connectivity index (χ4v) is 5.57. The number of piperazine rings is 1. The van der Waals surface area contributed by atoms with E-state index in [1.54, 1.807) is 17.7 Å². The molecule has 8 heteroatoms. The number of thiophene rings is 1. The Morgan fingerprint density at radius 2 is 1.79 bits per heavy atom. The Morgan fingerprint density at radius 3 is 2.55 bits per heavy atom. The van der Waals surface area contributed by atoms with Gasteiger partial charge in [0.1, 0.15) is 17.0 Å². The molecule has 0 amide bonds. The number of hydrogen-bond donors (Lipinski definition) is 1. The predicted octanol–water partition coefficient (Wildman–Crippen LogP) is 2.46. The zero-order chi connectivity index (χ0) is 19.8. The van der Waals surface area contributed by atoms with E-state index in [2.05, 4.69) is 50.1 Å². The minimum absolute atomic E-state index is 0.0909. The molecule has 150 valence electrons. The molecular formula is C21H23N5O2S. The highest BCUT2D eigenvalue weighted by Gasteiger charge is 2.27. The SMILES string of the molecule is O=C(O)CN1CCc2c(sc3ncnc(N4CCN(c5ccccc5)CC4)c23)C1. The lowest BCUT2D eigenvalue weighted by molar-refractivity contribution is -0.138. The van der Waals surface area contributed by atoms with Crippen molar-refractivity contribution in [1.82, 2.24) is 14.9 Å². The van der Waals surface area contributed by atoms with E-state index in [0.29, 0.717) is 6.54 Å². The fourth-order valence-electron chi connectivity index (χ4n) is 4.35. The number of anilines is 2. The van der Waals surface area contributed by atoms with E-state index in [4.69, 9.17) is 5.11 Å². The third-order valence-corrected chi connectivity index (χ3v) is 6.88. The number of rotatable bonds is 4. The van der Waals surface area contributed by atoms with Crippen molar-refractivity contribution >= 4 is 39.0 Å². The maximum Gasteiger partial charge on any atom is 0.317 e. The highest BCUT2D eigenvalue weighted by Crippen LogP contribution is 2.38. The molecule has 5 rings (SSSR count). The van der Waals surface area contributed by atoms with E-state index in [1.807, 2.05) is 4.90 Å². The summed E-state index contributed by atoms with van der Waals surface area (Å²) in [6.45, 7) is 5.33. The number of fused-ring (bicyclic) bond motifs is 3. The second-order valence-corrected chi connectivity index (χ2v) is 8.63. The number of carboxylic acids is 1. The first-order valence-electron chi connectivity index (χ1n) is 9.93. The number of carbonyl (C=O) groups is 1. The molecule has 7 nitrogen and oxygen atoms in total. The molecule has 0 atom stereocenters. The standard InChI is InChI=1S/C21H23N5O2S/c27-18(28)13-24-7-6-16-17(12-24)29-21-19(16)20(22-14-23-21)26-10-8-25(9-11-26)15-4-2-1-3-5-15/h1-5,14H,6-13H2,(H,27,28). The predicted molar refractivity (Wildman–Crippen MR) is 115 cm³/mol. The van der Waals surface area contributed by atoms with Crippen molar-refractivity contribution in [2.24, 2.45) is 0 Å². The molecule has 0 unspecified atom stereocenters. The van der Waals surface area contributed by atoms with Crippen LogP contribution >= 0.6 is 11.3 Å². The molecule has 0 saturated carbocycles.